The second-order valence-electron chi connectivity index (χ2n) is 4.59. The normalized spacial score (nSPS) is 11.6. The number of rotatable bonds is 5. The first-order valence-electron chi connectivity index (χ1n) is 6.38. The molecule has 0 atom stereocenters. The fourth-order valence-corrected chi connectivity index (χ4v) is 1.83. The Kier molecular flexibility index (Phi) is 3.80. The molecule has 20 heavy (non-hydrogen) atoms. The Balaban J connectivity index is 2.31. The first-order valence-corrected chi connectivity index (χ1v) is 6.38. The standard InChI is InChI=1S/C13H16N4O3/c1-3-13(14,4-2)12-15-11(16-20-12)9-5-7-10(8-6-9)17(18)19/h5-8H,3-4,14H2,1-2H3. The van der Waals surface area contributed by atoms with E-state index >= 15 is 0 Å². The molecule has 0 aliphatic rings. The minimum Gasteiger partial charge on any atom is -0.337 e. The highest BCUT2D eigenvalue weighted by molar-refractivity contribution is 5.56. The molecule has 0 unspecified atom stereocenters. The maximum absolute atomic E-state index is 10.6. The summed E-state index contributed by atoms with van der Waals surface area (Å²) in [6.45, 7) is 3.92. The summed E-state index contributed by atoms with van der Waals surface area (Å²) in [7, 11) is 0. The van der Waals surface area contributed by atoms with Gasteiger partial charge in [-0.25, -0.2) is 0 Å². The topological polar surface area (TPSA) is 108 Å². The maximum Gasteiger partial charge on any atom is 0.269 e. The third-order valence-electron chi connectivity index (χ3n) is 3.45. The molecule has 2 aromatic rings. The smallest absolute Gasteiger partial charge is 0.269 e. The van der Waals surface area contributed by atoms with Crippen molar-refractivity contribution in [3.63, 3.8) is 0 Å². The molecule has 0 amide bonds. The molecule has 0 saturated heterocycles. The van der Waals surface area contributed by atoms with Gasteiger partial charge in [0, 0.05) is 17.7 Å². The van der Waals surface area contributed by atoms with Gasteiger partial charge < -0.3 is 10.3 Å². The van der Waals surface area contributed by atoms with Crippen LogP contribution in [0.25, 0.3) is 11.4 Å². The zero-order chi connectivity index (χ0) is 14.8. The van der Waals surface area contributed by atoms with Gasteiger partial charge in [0.2, 0.25) is 11.7 Å². The lowest BCUT2D eigenvalue weighted by Gasteiger charge is -2.20. The maximum atomic E-state index is 10.6. The van der Waals surface area contributed by atoms with Gasteiger partial charge in [-0.1, -0.05) is 19.0 Å². The van der Waals surface area contributed by atoms with Crippen LogP contribution in [0.3, 0.4) is 0 Å². The predicted octanol–water partition coefficient (Wildman–Crippen LogP) is 2.62. The van der Waals surface area contributed by atoms with Gasteiger partial charge in [0.15, 0.2) is 0 Å². The summed E-state index contributed by atoms with van der Waals surface area (Å²) in [6.07, 6.45) is 1.37. The number of nitrogens with zero attached hydrogens (tertiary/aromatic N) is 3. The van der Waals surface area contributed by atoms with Gasteiger partial charge in [0.05, 0.1) is 10.5 Å². The second kappa shape index (κ2) is 5.38. The Morgan fingerprint density at radius 3 is 2.40 bits per heavy atom. The Morgan fingerprint density at radius 1 is 1.30 bits per heavy atom. The third-order valence-corrected chi connectivity index (χ3v) is 3.45. The Morgan fingerprint density at radius 2 is 1.90 bits per heavy atom. The monoisotopic (exact) mass is 276 g/mol. The van der Waals surface area contributed by atoms with Crippen LogP contribution in [0.2, 0.25) is 0 Å². The van der Waals surface area contributed by atoms with E-state index in [9.17, 15) is 10.1 Å². The number of hydrogen-bond acceptors (Lipinski definition) is 6. The fraction of sp³-hybridized carbons (Fsp3) is 0.385. The fourth-order valence-electron chi connectivity index (χ4n) is 1.83. The SMILES string of the molecule is CCC(N)(CC)c1nc(-c2ccc([N+](=O)[O-])cc2)no1. The van der Waals surface area contributed by atoms with E-state index in [1.807, 2.05) is 13.8 Å². The zero-order valence-corrected chi connectivity index (χ0v) is 11.4. The number of non-ortho nitro benzene ring substituents is 1. The van der Waals surface area contributed by atoms with Crippen molar-refractivity contribution in [3.05, 3.63) is 40.3 Å². The van der Waals surface area contributed by atoms with Crippen LogP contribution in [-0.2, 0) is 5.54 Å². The molecule has 2 rings (SSSR count). The quantitative estimate of drug-likeness (QED) is 0.664. The van der Waals surface area contributed by atoms with Crippen LogP contribution >= 0.6 is 0 Å². The van der Waals surface area contributed by atoms with E-state index in [0.717, 1.165) is 0 Å². The van der Waals surface area contributed by atoms with Gasteiger partial charge in [-0.05, 0) is 25.0 Å². The summed E-state index contributed by atoms with van der Waals surface area (Å²) in [4.78, 5) is 14.4. The molecule has 7 nitrogen and oxygen atoms in total. The molecule has 0 spiro atoms. The molecule has 1 aromatic carbocycles. The van der Waals surface area contributed by atoms with Gasteiger partial charge in [-0.2, -0.15) is 4.98 Å². The van der Waals surface area contributed by atoms with Crippen molar-refractivity contribution >= 4 is 5.69 Å². The Bertz CT molecular complexity index is 602. The molecule has 7 heteroatoms. The highest BCUT2D eigenvalue weighted by atomic mass is 16.6. The Hall–Kier alpha value is -2.28. The summed E-state index contributed by atoms with van der Waals surface area (Å²) in [5.41, 5.74) is 6.23. The molecule has 2 N–H and O–H groups in total. The van der Waals surface area contributed by atoms with Crippen LogP contribution in [0, 0.1) is 10.1 Å². The number of nitro benzene ring substituents is 1. The van der Waals surface area contributed by atoms with Gasteiger partial charge in [0.1, 0.15) is 0 Å². The lowest BCUT2D eigenvalue weighted by atomic mass is 9.94. The van der Waals surface area contributed by atoms with E-state index in [2.05, 4.69) is 10.1 Å². The minimum atomic E-state index is -0.633. The third kappa shape index (κ3) is 2.53. The first kappa shape index (κ1) is 14.1. The minimum absolute atomic E-state index is 0.0211. The molecule has 1 aromatic heterocycles. The van der Waals surface area contributed by atoms with E-state index in [1.165, 1.54) is 12.1 Å². The predicted molar refractivity (Wildman–Crippen MR) is 72.8 cm³/mol. The number of nitro groups is 1. The van der Waals surface area contributed by atoms with Crippen LogP contribution in [-0.4, -0.2) is 15.1 Å². The number of benzene rings is 1. The van der Waals surface area contributed by atoms with Crippen molar-refractivity contribution in [3.8, 4) is 11.4 Å². The lowest BCUT2D eigenvalue weighted by Crippen LogP contribution is -2.35. The molecule has 0 saturated carbocycles. The average molecular weight is 276 g/mol. The summed E-state index contributed by atoms with van der Waals surface area (Å²) < 4.78 is 5.22. The van der Waals surface area contributed by atoms with Crippen molar-refractivity contribution in [2.75, 3.05) is 0 Å². The lowest BCUT2D eigenvalue weighted by molar-refractivity contribution is -0.384. The summed E-state index contributed by atoms with van der Waals surface area (Å²) in [5, 5.41) is 14.5. The molecule has 1 heterocycles. The number of nitrogens with two attached hydrogens (primary N) is 1. The highest BCUT2D eigenvalue weighted by Crippen LogP contribution is 2.27. The van der Waals surface area contributed by atoms with Crippen LogP contribution in [0.4, 0.5) is 5.69 Å². The number of hydrogen-bond donors (Lipinski definition) is 1. The van der Waals surface area contributed by atoms with Crippen molar-refractivity contribution in [1.82, 2.24) is 10.1 Å². The molecule has 0 aliphatic heterocycles. The van der Waals surface area contributed by atoms with E-state index in [1.54, 1.807) is 12.1 Å². The number of aromatic nitrogens is 2. The zero-order valence-electron chi connectivity index (χ0n) is 11.4. The van der Waals surface area contributed by atoms with Crippen molar-refractivity contribution in [1.29, 1.82) is 0 Å². The van der Waals surface area contributed by atoms with Crippen LogP contribution < -0.4 is 5.73 Å². The second-order valence-corrected chi connectivity index (χ2v) is 4.59. The van der Waals surface area contributed by atoms with E-state index in [0.29, 0.717) is 30.1 Å². The van der Waals surface area contributed by atoms with Gasteiger partial charge in [-0.3, -0.25) is 10.1 Å². The summed E-state index contributed by atoms with van der Waals surface area (Å²) >= 11 is 0. The molecule has 106 valence electrons. The van der Waals surface area contributed by atoms with E-state index in [4.69, 9.17) is 10.3 Å². The van der Waals surface area contributed by atoms with Crippen molar-refractivity contribution in [2.45, 2.75) is 32.2 Å². The first-order chi connectivity index (χ1) is 9.50. The van der Waals surface area contributed by atoms with Gasteiger partial charge >= 0.3 is 0 Å². The van der Waals surface area contributed by atoms with Crippen molar-refractivity contribution < 1.29 is 9.45 Å². The molecular weight excluding hydrogens is 260 g/mol. The summed E-state index contributed by atoms with van der Waals surface area (Å²) in [6, 6.07) is 5.98. The van der Waals surface area contributed by atoms with Crippen LogP contribution in [0.5, 0.6) is 0 Å². The largest absolute Gasteiger partial charge is 0.337 e. The molecule has 0 bridgehead atoms. The van der Waals surface area contributed by atoms with Crippen LogP contribution in [0.15, 0.2) is 28.8 Å². The van der Waals surface area contributed by atoms with E-state index < -0.39 is 10.5 Å². The summed E-state index contributed by atoms with van der Waals surface area (Å²) in [5.74, 6) is 0.766. The molecule has 0 fully saturated rings. The van der Waals surface area contributed by atoms with Gasteiger partial charge in [-0.15, -0.1) is 0 Å². The average Bonchev–Trinajstić information content (AvgIpc) is 2.97. The van der Waals surface area contributed by atoms with Crippen LogP contribution in [0.1, 0.15) is 32.6 Å². The van der Waals surface area contributed by atoms with E-state index in [-0.39, 0.29) is 5.69 Å². The Labute approximate surface area is 115 Å². The van der Waals surface area contributed by atoms with Crippen molar-refractivity contribution in [2.24, 2.45) is 5.73 Å². The highest BCUT2D eigenvalue weighted by Gasteiger charge is 2.30. The molecule has 0 aliphatic carbocycles. The molecular formula is C13H16N4O3. The molecule has 0 radical (unpaired) electrons. The van der Waals surface area contributed by atoms with Gasteiger partial charge in [0.25, 0.3) is 5.69 Å².